The first-order valence-electron chi connectivity index (χ1n) is 7.98. The van der Waals surface area contributed by atoms with Gasteiger partial charge in [0.25, 0.3) is 0 Å². The van der Waals surface area contributed by atoms with Crippen LogP contribution in [-0.4, -0.2) is 22.4 Å². The molecule has 0 unspecified atom stereocenters. The van der Waals surface area contributed by atoms with Gasteiger partial charge in [0, 0.05) is 30.6 Å². The fourth-order valence-electron chi connectivity index (χ4n) is 2.92. The van der Waals surface area contributed by atoms with E-state index in [4.69, 9.17) is 0 Å². The van der Waals surface area contributed by atoms with E-state index < -0.39 is 0 Å². The first-order valence-corrected chi connectivity index (χ1v) is 7.98. The number of carbonyl (C=O) groups is 1. The summed E-state index contributed by atoms with van der Waals surface area (Å²) in [5.74, 6) is 1.18. The maximum Gasteiger partial charge on any atom is 0.223 e. The smallest absolute Gasteiger partial charge is 0.223 e. The van der Waals surface area contributed by atoms with Gasteiger partial charge >= 0.3 is 0 Å². The van der Waals surface area contributed by atoms with Crippen molar-refractivity contribution in [3.63, 3.8) is 0 Å². The van der Waals surface area contributed by atoms with Gasteiger partial charge in [-0.05, 0) is 18.9 Å². The second kappa shape index (κ2) is 7.16. The summed E-state index contributed by atoms with van der Waals surface area (Å²) in [6.07, 6.45) is 6.88. The lowest BCUT2D eigenvalue weighted by atomic mass is 10.1. The third-order valence-electron chi connectivity index (χ3n) is 4.15. The van der Waals surface area contributed by atoms with Crippen molar-refractivity contribution in [3.8, 4) is 11.3 Å². The summed E-state index contributed by atoms with van der Waals surface area (Å²) in [4.78, 5) is 20.8. The lowest BCUT2D eigenvalue weighted by Gasteiger charge is -2.10. The minimum atomic E-state index is 0.191. The van der Waals surface area contributed by atoms with Crippen molar-refractivity contribution < 1.29 is 4.79 Å². The Morgan fingerprint density at radius 2 is 1.91 bits per heavy atom. The Labute approximate surface area is 131 Å². The van der Waals surface area contributed by atoms with Crippen LogP contribution in [0.25, 0.3) is 11.3 Å². The number of nitrogens with zero attached hydrogens (tertiary/aromatic N) is 2. The minimum absolute atomic E-state index is 0.191. The van der Waals surface area contributed by atoms with Crippen molar-refractivity contribution in [2.45, 2.75) is 32.1 Å². The lowest BCUT2D eigenvalue weighted by Crippen LogP contribution is -2.31. The molecule has 0 bridgehead atoms. The molecule has 1 aromatic carbocycles. The van der Waals surface area contributed by atoms with E-state index in [1.807, 2.05) is 36.4 Å². The normalized spacial score (nSPS) is 14.9. The zero-order valence-corrected chi connectivity index (χ0v) is 12.7. The van der Waals surface area contributed by atoms with E-state index in [1.54, 1.807) is 6.20 Å². The SMILES string of the molecule is O=C(NCCc1nccc(-c2ccccc2)n1)C1CCCC1. The highest BCUT2D eigenvalue weighted by Gasteiger charge is 2.21. The molecular formula is C18H21N3O. The van der Waals surface area contributed by atoms with Crippen LogP contribution in [0.1, 0.15) is 31.5 Å². The van der Waals surface area contributed by atoms with E-state index in [9.17, 15) is 4.79 Å². The molecule has 1 fully saturated rings. The molecule has 0 atom stereocenters. The van der Waals surface area contributed by atoms with Crippen molar-refractivity contribution in [1.82, 2.24) is 15.3 Å². The molecule has 0 saturated heterocycles. The van der Waals surface area contributed by atoms with E-state index in [-0.39, 0.29) is 11.8 Å². The van der Waals surface area contributed by atoms with Crippen LogP contribution in [0.2, 0.25) is 0 Å². The van der Waals surface area contributed by atoms with Gasteiger partial charge in [-0.25, -0.2) is 9.97 Å². The molecule has 0 radical (unpaired) electrons. The number of hydrogen-bond acceptors (Lipinski definition) is 3. The summed E-state index contributed by atoms with van der Waals surface area (Å²) >= 11 is 0. The second-order valence-corrected chi connectivity index (χ2v) is 5.75. The summed E-state index contributed by atoms with van der Waals surface area (Å²) < 4.78 is 0. The van der Waals surface area contributed by atoms with Gasteiger partial charge in [0.15, 0.2) is 0 Å². The highest BCUT2D eigenvalue weighted by Crippen LogP contribution is 2.24. The molecule has 3 rings (SSSR count). The average Bonchev–Trinajstić information content (AvgIpc) is 3.10. The number of aromatic nitrogens is 2. The van der Waals surface area contributed by atoms with Gasteiger partial charge < -0.3 is 5.32 Å². The molecule has 1 aliphatic rings. The van der Waals surface area contributed by atoms with Crippen LogP contribution in [0.3, 0.4) is 0 Å². The predicted octanol–water partition coefficient (Wildman–Crippen LogP) is 2.99. The molecule has 1 saturated carbocycles. The number of hydrogen-bond donors (Lipinski definition) is 1. The van der Waals surface area contributed by atoms with Crippen LogP contribution >= 0.6 is 0 Å². The van der Waals surface area contributed by atoms with E-state index in [0.717, 1.165) is 29.9 Å². The fourth-order valence-corrected chi connectivity index (χ4v) is 2.92. The van der Waals surface area contributed by atoms with E-state index in [1.165, 1.54) is 12.8 Å². The summed E-state index contributed by atoms with van der Waals surface area (Å²) in [6.45, 7) is 0.605. The Bertz CT molecular complexity index is 621. The van der Waals surface area contributed by atoms with Crippen LogP contribution in [0, 0.1) is 5.92 Å². The standard InChI is InChI=1S/C18H21N3O/c22-18(15-8-4-5-9-15)20-13-11-17-19-12-10-16(21-17)14-6-2-1-3-7-14/h1-3,6-7,10,12,15H,4-5,8-9,11,13H2,(H,20,22). The van der Waals surface area contributed by atoms with E-state index >= 15 is 0 Å². The molecule has 1 heterocycles. The van der Waals surface area contributed by atoms with Crippen molar-refractivity contribution in [2.24, 2.45) is 5.92 Å². The Morgan fingerprint density at radius 1 is 1.14 bits per heavy atom. The van der Waals surface area contributed by atoms with Gasteiger partial charge in [-0.15, -0.1) is 0 Å². The topological polar surface area (TPSA) is 54.9 Å². The highest BCUT2D eigenvalue weighted by molar-refractivity contribution is 5.78. The molecule has 1 amide bonds. The lowest BCUT2D eigenvalue weighted by molar-refractivity contribution is -0.124. The van der Waals surface area contributed by atoms with Gasteiger partial charge in [-0.1, -0.05) is 43.2 Å². The largest absolute Gasteiger partial charge is 0.355 e. The second-order valence-electron chi connectivity index (χ2n) is 5.75. The maximum absolute atomic E-state index is 12.0. The monoisotopic (exact) mass is 295 g/mol. The van der Waals surface area contributed by atoms with E-state index in [2.05, 4.69) is 15.3 Å². The summed E-state index contributed by atoms with van der Waals surface area (Å²) in [6, 6.07) is 12.0. The molecule has 114 valence electrons. The number of nitrogens with one attached hydrogen (secondary N) is 1. The number of benzene rings is 1. The Morgan fingerprint density at radius 3 is 2.68 bits per heavy atom. The molecule has 4 heteroatoms. The van der Waals surface area contributed by atoms with Crippen molar-refractivity contribution in [3.05, 3.63) is 48.4 Å². The summed E-state index contributed by atoms with van der Waals surface area (Å²) in [7, 11) is 0. The maximum atomic E-state index is 12.0. The molecule has 0 aliphatic heterocycles. The Kier molecular flexibility index (Phi) is 4.78. The highest BCUT2D eigenvalue weighted by atomic mass is 16.1. The van der Waals surface area contributed by atoms with Crippen molar-refractivity contribution >= 4 is 5.91 Å². The van der Waals surface area contributed by atoms with Crippen LogP contribution in [-0.2, 0) is 11.2 Å². The molecular weight excluding hydrogens is 274 g/mol. The van der Waals surface area contributed by atoms with Crippen LogP contribution in [0.5, 0.6) is 0 Å². The first kappa shape index (κ1) is 14.7. The molecule has 1 N–H and O–H groups in total. The van der Waals surface area contributed by atoms with Gasteiger partial charge in [0.05, 0.1) is 5.69 Å². The third kappa shape index (κ3) is 3.70. The number of amides is 1. The molecule has 2 aromatic rings. The average molecular weight is 295 g/mol. The van der Waals surface area contributed by atoms with Gasteiger partial charge in [0.2, 0.25) is 5.91 Å². The molecule has 1 aromatic heterocycles. The van der Waals surface area contributed by atoms with Crippen molar-refractivity contribution in [1.29, 1.82) is 0 Å². The van der Waals surface area contributed by atoms with Gasteiger partial charge in [-0.3, -0.25) is 4.79 Å². The Balaban J connectivity index is 1.56. The summed E-state index contributed by atoms with van der Waals surface area (Å²) in [5, 5.41) is 3.01. The number of carbonyl (C=O) groups excluding carboxylic acids is 1. The van der Waals surface area contributed by atoms with Gasteiger partial charge in [-0.2, -0.15) is 0 Å². The van der Waals surface area contributed by atoms with Gasteiger partial charge in [0.1, 0.15) is 5.82 Å². The van der Waals surface area contributed by atoms with Crippen LogP contribution in [0.4, 0.5) is 0 Å². The van der Waals surface area contributed by atoms with Crippen molar-refractivity contribution in [2.75, 3.05) is 6.54 Å². The van der Waals surface area contributed by atoms with E-state index in [0.29, 0.717) is 13.0 Å². The molecule has 1 aliphatic carbocycles. The Hall–Kier alpha value is -2.23. The van der Waals surface area contributed by atoms with Crippen LogP contribution in [0.15, 0.2) is 42.6 Å². The quantitative estimate of drug-likeness (QED) is 0.922. The van der Waals surface area contributed by atoms with Crippen LogP contribution < -0.4 is 5.32 Å². The first-order chi connectivity index (χ1) is 10.8. The number of rotatable bonds is 5. The zero-order valence-electron chi connectivity index (χ0n) is 12.7. The molecule has 4 nitrogen and oxygen atoms in total. The zero-order chi connectivity index (χ0) is 15.2. The minimum Gasteiger partial charge on any atom is -0.355 e. The predicted molar refractivity (Wildman–Crippen MR) is 86.1 cm³/mol. The third-order valence-corrected chi connectivity index (χ3v) is 4.15. The molecule has 0 spiro atoms. The fraction of sp³-hybridized carbons (Fsp3) is 0.389. The molecule has 22 heavy (non-hydrogen) atoms. The summed E-state index contributed by atoms with van der Waals surface area (Å²) in [5.41, 5.74) is 2.01.